The van der Waals surface area contributed by atoms with Crippen LogP contribution in [0.25, 0.3) is 0 Å². The van der Waals surface area contributed by atoms with E-state index in [0.29, 0.717) is 18.5 Å². The molecule has 1 aliphatic rings. The summed E-state index contributed by atoms with van der Waals surface area (Å²) in [6.07, 6.45) is 3.87. The molecular formula is C22H32FN5O. The number of aliphatic imine (C=N–C) groups is 1. The standard InChI is InChI=1S/C22H32FN5O/c1-22(2,3)19-13-25-20(29-19)14-26-21(24-4)27-18-9-11-28(12-10-18)15-16-5-7-17(23)8-6-16/h5-8,13,18H,9-12,14-15H2,1-4H3,(H2,24,26,27). The van der Waals surface area contributed by atoms with Gasteiger partial charge in [-0.2, -0.15) is 0 Å². The summed E-state index contributed by atoms with van der Waals surface area (Å²) in [6.45, 7) is 9.68. The third-order valence-corrected chi connectivity index (χ3v) is 5.17. The topological polar surface area (TPSA) is 65.7 Å². The molecule has 29 heavy (non-hydrogen) atoms. The largest absolute Gasteiger partial charge is 0.443 e. The molecule has 0 radical (unpaired) electrons. The first-order chi connectivity index (χ1) is 13.8. The van der Waals surface area contributed by atoms with Gasteiger partial charge in [0.05, 0.1) is 12.7 Å². The van der Waals surface area contributed by atoms with Crippen LogP contribution in [0.4, 0.5) is 4.39 Å². The minimum atomic E-state index is -0.185. The normalized spacial score (nSPS) is 16.8. The van der Waals surface area contributed by atoms with Crippen molar-refractivity contribution in [3.63, 3.8) is 0 Å². The number of halogens is 1. The third-order valence-electron chi connectivity index (χ3n) is 5.17. The molecule has 2 aromatic rings. The van der Waals surface area contributed by atoms with Crippen LogP contribution in [0.3, 0.4) is 0 Å². The maximum absolute atomic E-state index is 13.0. The summed E-state index contributed by atoms with van der Waals surface area (Å²) < 4.78 is 18.9. The Hall–Kier alpha value is -2.41. The summed E-state index contributed by atoms with van der Waals surface area (Å²) in [5, 5.41) is 6.79. The van der Waals surface area contributed by atoms with E-state index in [2.05, 4.69) is 46.3 Å². The summed E-state index contributed by atoms with van der Waals surface area (Å²) in [4.78, 5) is 11.1. The summed E-state index contributed by atoms with van der Waals surface area (Å²) >= 11 is 0. The van der Waals surface area contributed by atoms with E-state index in [0.717, 1.165) is 49.8 Å². The summed E-state index contributed by atoms with van der Waals surface area (Å²) in [5.41, 5.74) is 1.10. The van der Waals surface area contributed by atoms with Crippen LogP contribution in [0.15, 0.2) is 39.9 Å². The number of benzene rings is 1. The zero-order chi connectivity index (χ0) is 20.9. The Balaban J connectivity index is 1.42. The van der Waals surface area contributed by atoms with Crippen molar-refractivity contribution in [3.8, 4) is 0 Å². The number of oxazole rings is 1. The minimum absolute atomic E-state index is 0.0486. The molecule has 0 spiro atoms. The number of piperidine rings is 1. The van der Waals surface area contributed by atoms with Crippen LogP contribution >= 0.6 is 0 Å². The second kappa shape index (κ2) is 9.39. The van der Waals surface area contributed by atoms with Crippen molar-refractivity contribution in [2.75, 3.05) is 20.1 Å². The van der Waals surface area contributed by atoms with E-state index in [1.807, 2.05) is 12.1 Å². The number of hydrogen-bond acceptors (Lipinski definition) is 4. The molecule has 2 heterocycles. The maximum Gasteiger partial charge on any atom is 0.213 e. The average Bonchev–Trinajstić information content (AvgIpc) is 3.18. The first-order valence-corrected chi connectivity index (χ1v) is 10.2. The van der Waals surface area contributed by atoms with E-state index in [4.69, 9.17) is 4.42 Å². The molecule has 158 valence electrons. The Kier molecular flexibility index (Phi) is 6.90. The van der Waals surface area contributed by atoms with E-state index in [1.54, 1.807) is 13.2 Å². The molecule has 1 aromatic carbocycles. The number of hydrogen-bond donors (Lipinski definition) is 2. The van der Waals surface area contributed by atoms with Crippen molar-refractivity contribution >= 4 is 5.96 Å². The average molecular weight is 402 g/mol. The molecule has 0 unspecified atom stereocenters. The van der Waals surface area contributed by atoms with Gasteiger partial charge in [0.2, 0.25) is 5.89 Å². The molecule has 0 amide bonds. The zero-order valence-corrected chi connectivity index (χ0v) is 17.8. The lowest BCUT2D eigenvalue weighted by Crippen LogP contribution is -2.48. The van der Waals surface area contributed by atoms with Crippen LogP contribution in [-0.2, 0) is 18.5 Å². The summed E-state index contributed by atoms with van der Waals surface area (Å²) in [6, 6.07) is 7.15. The van der Waals surface area contributed by atoms with Crippen LogP contribution in [0, 0.1) is 5.82 Å². The summed E-state index contributed by atoms with van der Waals surface area (Å²) in [5.74, 6) is 2.12. The zero-order valence-electron chi connectivity index (χ0n) is 17.8. The summed E-state index contributed by atoms with van der Waals surface area (Å²) in [7, 11) is 1.77. The van der Waals surface area contributed by atoms with Crippen LogP contribution in [0.2, 0.25) is 0 Å². The number of rotatable bonds is 5. The van der Waals surface area contributed by atoms with E-state index in [-0.39, 0.29) is 11.2 Å². The molecule has 0 bridgehead atoms. The minimum Gasteiger partial charge on any atom is -0.443 e. The van der Waals surface area contributed by atoms with Crippen LogP contribution in [0.1, 0.15) is 50.8 Å². The van der Waals surface area contributed by atoms with Gasteiger partial charge < -0.3 is 15.1 Å². The Morgan fingerprint density at radius 1 is 1.24 bits per heavy atom. The third kappa shape index (κ3) is 6.29. The Morgan fingerprint density at radius 3 is 2.52 bits per heavy atom. The quantitative estimate of drug-likeness (QED) is 0.594. The smallest absolute Gasteiger partial charge is 0.213 e. The van der Waals surface area contributed by atoms with Gasteiger partial charge in [0, 0.05) is 38.1 Å². The molecule has 6 nitrogen and oxygen atoms in total. The fourth-order valence-electron chi connectivity index (χ4n) is 3.37. The van der Waals surface area contributed by atoms with Gasteiger partial charge in [-0.25, -0.2) is 9.37 Å². The van der Waals surface area contributed by atoms with Crippen molar-refractivity contribution in [2.45, 2.75) is 58.2 Å². The molecule has 0 aliphatic carbocycles. The second-order valence-corrected chi connectivity index (χ2v) is 8.62. The van der Waals surface area contributed by atoms with Gasteiger partial charge in [0.25, 0.3) is 0 Å². The van der Waals surface area contributed by atoms with Gasteiger partial charge in [0.1, 0.15) is 11.6 Å². The fraction of sp³-hybridized carbons (Fsp3) is 0.545. The Morgan fingerprint density at radius 2 is 1.93 bits per heavy atom. The number of guanidine groups is 1. The molecular weight excluding hydrogens is 369 g/mol. The lowest BCUT2D eigenvalue weighted by molar-refractivity contribution is 0.198. The van der Waals surface area contributed by atoms with Gasteiger partial charge in [-0.3, -0.25) is 9.89 Å². The van der Waals surface area contributed by atoms with Crippen LogP contribution in [0.5, 0.6) is 0 Å². The Bertz CT molecular complexity index is 801. The molecule has 1 aliphatic heterocycles. The maximum atomic E-state index is 13.0. The van der Waals surface area contributed by atoms with Gasteiger partial charge in [-0.15, -0.1) is 0 Å². The van der Waals surface area contributed by atoms with Crippen molar-refractivity contribution < 1.29 is 8.81 Å². The Labute approximate surface area is 172 Å². The molecule has 1 aromatic heterocycles. The molecule has 1 saturated heterocycles. The molecule has 0 saturated carbocycles. The van der Waals surface area contributed by atoms with E-state index in [1.165, 1.54) is 12.1 Å². The number of aromatic nitrogens is 1. The molecule has 1 fully saturated rings. The highest BCUT2D eigenvalue weighted by atomic mass is 19.1. The molecule has 2 N–H and O–H groups in total. The highest BCUT2D eigenvalue weighted by Gasteiger charge is 2.21. The van der Waals surface area contributed by atoms with Gasteiger partial charge in [-0.05, 0) is 30.5 Å². The monoisotopic (exact) mass is 401 g/mol. The predicted octanol–water partition coefficient (Wildman–Crippen LogP) is 3.44. The predicted molar refractivity (Wildman–Crippen MR) is 113 cm³/mol. The molecule has 7 heteroatoms. The van der Waals surface area contributed by atoms with Crippen molar-refractivity contribution in [2.24, 2.45) is 4.99 Å². The van der Waals surface area contributed by atoms with Crippen molar-refractivity contribution in [3.05, 3.63) is 53.5 Å². The number of nitrogens with one attached hydrogen (secondary N) is 2. The fourth-order valence-corrected chi connectivity index (χ4v) is 3.37. The lowest BCUT2D eigenvalue weighted by atomic mass is 9.94. The van der Waals surface area contributed by atoms with Crippen molar-refractivity contribution in [1.29, 1.82) is 0 Å². The second-order valence-electron chi connectivity index (χ2n) is 8.62. The lowest BCUT2D eigenvalue weighted by Gasteiger charge is -2.33. The molecule has 0 atom stereocenters. The highest BCUT2D eigenvalue weighted by molar-refractivity contribution is 5.79. The van der Waals surface area contributed by atoms with Gasteiger partial charge in [-0.1, -0.05) is 32.9 Å². The van der Waals surface area contributed by atoms with Crippen molar-refractivity contribution in [1.82, 2.24) is 20.5 Å². The van der Waals surface area contributed by atoms with Crippen LogP contribution in [-0.4, -0.2) is 42.0 Å². The van der Waals surface area contributed by atoms with E-state index in [9.17, 15) is 4.39 Å². The number of nitrogens with zero attached hydrogens (tertiary/aromatic N) is 3. The first-order valence-electron chi connectivity index (χ1n) is 10.2. The SMILES string of the molecule is CN=C(NCc1ncc(C(C)(C)C)o1)NC1CCN(Cc2ccc(F)cc2)CC1. The van der Waals surface area contributed by atoms with Crippen LogP contribution < -0.4 is 10.6 Å². The van der Waals surface area contributed by atoms with Gasteiger partial charge >= 0.3 is 0 Å². The van der Waals surface area contributed by atoms with E-state index < -0.39 is 0 Å². The van der Waals surface area contributed by atoms with Gasteiger partial charge in [0.15, 0.2) is 5.96 Å². The number of likely N-dealkylation sites (tertiary alicyclic amines) is 1. The van der Waals surface area contributed by atoms with E-state index >= 15 is 0 Å². The highest BCUT2D eigenvalue weighted by Crippen LogP contribution is 2.22. The first kappa shape index (κ1) is 21.3. The molecule has 3 rings (SSSR count).